The van der Waals surface area contributed by atoms with E-state index in [4.69, 9.17) is 0 Å². The molecule has 1 atom stereocenters. The van der Waals surface area contributed by atoms with Crippen LogP contribution in [0.2, 0.25) is 0 Å². The van der Waals surface area contributed by atoms with Gasteiger partial charge in [0, 0.05) is 12.4 Å². The summed E-state index contributed by atoms with van der Waals surface area (Å²) >= 11 is 0. The Bertz CT molecular complexity index is 759. The fourth-order valence-electron chi connectivity index (χ4n) is 2.04. The molecule has 0 aliphatic carbocycles. The fourth-order valence-corrected chi connectivity index (χ4v) is 2.04. The number of halogens is 1. The summed E-state index contributed by atoms with van der Waals surface area (Å²) in [7, 11) is 0. The van der Waals surface area contributed by atoms with E-state index in [1.54, 1.807) is 25.1 Å². The highest BCUT2D eigenvalue weighted by molar-refractivity contribution is 5.35. The number of aliphatic hydroxyl groups is 1. The van der Waals surface area contributed by atoms with Gasteiger partial charge in [-0.05, 0) is 19.1 Å². The molecule has 0 aliphatic heterocycles. The van der Waals surface area contributed by atoms with Crippen LogP contribution in [0.3, 0.4) is 0 Å². The Morgan fingerprint density at radius 3 is 2.76 bits per heavy atom. The summed E-state index contributed by atoms with van der Waals surface area (Å²) in [6.07, 6.45) is 3.39. The molecule has 106 valence electrons. The summed E-state index contributed by atoms with van der Waals surface area (Å²) in [4.78, 5) is 7.93. The zero-order valence-electron chi connectivity index (χ0n) is 11.2. The molecule has 0 radical (unpaired) electrons. The van der Waals surface area contributed by atoms with Crippen molar-refractivity contribution < 1.29 is 9.50 Å². The summed E-state index contributed by atoms with van der Waals surface area (Å²) in [6.45, 7) is 1.71. The molecule has 3 aromatic rings. The molecule has 0 spiro atoms. The molecule has 1 unspecified atom stereocenters. The van der Waals surface area contributed by atoms with E-state index in [0.29, 0.717) is 17.1 Å². The molecular weight excluding hydrogens is 273 g/mol. The van der Waals surface area contributed by atoms with E-state index in [1.807, 2.05) is 0 Å². The van der Waals surface area contributed by atoms with Gasteiger partial charge in [0.05, 0.1) is 17.6 Å². The van der Waals surface area contributed by atoms with Gasteiger partial charge in [0.1, 0.15) is 23.3 Å². The van der Waals surface area contributed by atoms with Gasteiger partial charge in [-0.1, -0.05) is 17.3 Å². The number of nitrogens with zero attached hydrogens (tertiary/aromatic N) is 5. The second-order valence-electron chi connectivity index (χ2n) is 4.46. The lowest BCUT2D eigenvalue weighted by atomic mass is 10.1. The van der Waals surface area contributed by atoms with Gasteiger partial charge >= 0.3 is 0 Å². The monoisotopic (exact) mass is 285 g/mol. The Morgan fingerprint density at radius 1 is 1.24 bits per heavy atom. The summed E-state index contributed by atoms with van der Waals surface area (Å²) in [5.74, 6) is -0.411. The number of hydrogen-bond acceptors (Lipinski definition) is 5. The largest absolute Gasteiger partial charge is 0.380 e. The van der Waals surface area contributed by atoms with Crippen LogP contribution in [0.4, 0.5) is 4.39 Å². The van der Waals surface area contributed by atoms with Crippen LogP contribution in [-0.2, 0) is 0 Å². The first-order valence-electron chi connectivity index (χ1n) is 6.29. The number of rotatable bonds is 3. The highest BCUT2D eigenvalue weighted by Crippen LogP contribution is 2.23. The molecule has 7 heteroatoms. The Balaban J connectivity index is 2.02. The molecule has 0 bridgehead atoms. The molecule has 0 saturated heterocycles. The first-order valence-corrected chi connectivity index (χ1v) is 6.29. The molecule has 21 heavy (non-hydrogen) atoms. The lowest BCUT2D eigenvalue weighted by molar-refractivity contribution is 0.209. The van der Waals surface area contributed by atoms with E-state index in [1.165, 1.54) is 29.3 Å². The molecule has 2 aromatic heterocycles. The smallest absolute Gasteiger partial charge is 0.148 e. The third-order valence-electron chi connectivity index (χ3n) is 3.13. The second kappa shape index (κ2) is 5.37. The third-order valence-corrected chi connectivity index (χ3v) is 3.13. The highest BCUT2D eigenvalue weighted by Gasteiger charge is 2.21. The minimum atomic E-state index is -1.06. The summed E-state index contributed by atoms with van der Waals surface area (Å²) in [5.41, 5.74) is 1.50. The number of benzene rings is 1. The van der Waals surface area contributed by atoms with Crippen molar-refractivity contribution in [3.8, 4) is 5.69 Å². The minimum Gasteiger partial charge on any atom is -0.380 e. The first kappa shape index (κ1) is 13.3. The molecule has 0 aliphatic rings. The van der Waals surface area contributed by atoms with Crippen molar-refractivity contribution >= 4 is 0 Å². The molecule has 1 N–H and O–H groups in total. The predicted octanol–water partition coefficient (Wildman–Crippen LogP) is 1.59. The van der Waals surface area contributed by atoms with Crippen molar-refractivity contribution in [1.82, 2.24) is 25.0 Å². The van der Waals surface area contributed by atoms with E-state index < -0.39 is 11.9 Å². The topological polar surface area (TPSA) is 76.7 Å². The van der Waals surface area contributed by atoms with E-state index in [-0.39, 0.29) is 5.69 Å². The maximum atomic E-state index is 13.8. The van der Waals surface area contributed by atoms with Crippen LogP contribution >= 0.6 is 0 Å². The van der Waals surface area contributed by atoms with Gasteiger partial charge in [-0.15, -0.1) is 5.10 Å². The zero-order valence-corrected chi connectivity index (χ0v) is 11.2. The molecule has 0 saturated carbocycles. The van der Waals surface area contributed by atoms with Crippen LogP contribution in [0.15, 0.2) is 42.9 Å². The normalized spacial score (nSPS) is 12.3. The van der Waals surface area contributed by atoms with Gasteiger partial charge in [-0.2, -0.15) is 0 Å². The van der Waals surface area contributed by atoms with Gasteiger partial charge in [-0.3, -0.25) is 9.97 Å². The Hall–Kier alpha value is -2.67. The average molecular weight is 285 g/mol. The quantitative estimate of drug-likeness (QED) is 0.790. The van der Waals surface area contributed by atoms with Crippen molar-refractivity contribution in [3.63, 3.8) is 0 Å². The molecule has 3 rings (SSSR count). The fraction of sp³-hybridized carbons (Fsp3) is 0.143. The SMILES string of the molecule is Cc1c(C(O)c2cnccn2)nnn1-c1ccccc1F. The summed E-state index contributed by atoms with van der Waals surface area (Å²) < 4.78 is 15.2. The first-order chi connectivity index (χ1) is 10.2. The van der Waals surface area contributed by atoms with Gasteiger partial charge in [0.2, 0.25) is 0 Å². The highest BCUT2D eigenvalue weighted by atomic mass is 19.1. The summed E-state index contributed by atoms with van der Waals surface area (Å²) in [6, 6.07) is 6.24. The van der Waals surface area contributed by atoms with E-state index >= 15 is 0 Å². The molecule has 2 heterocycles. The zero-order chi connectivity index (χ0) is 14.8. The van der Waals surface area contributed by atoms with Crippen LogP contribution in [0.5, 0.6) is 0 Å². The predicted molar refractivity (Wildman–Crippen MR) is 72.1 cm³/mol. The number of para-hydroxylation sites is 1. The number of aromatic nitrogens is 5. The molecule has 0 amide bonds. The van der Waals surface area contributed by atoms with Crippen molar-refractivity contribution in [2.24, 2.45) is 0 Å². The number of aliphatic hydroxyl groups excluding tert-OH is 1. The number of hydrogen-bond donors (Lipinski definition) is 1. The van der Waals surface area contributed by atoms with Crippen molar-refractivity contribution in [1.29, 1.82) is 0 Å². The van der Waals surface area contributed by atoms with Gasteiger partial charge in [0.25, 0.3) is 0 Å². The van der Waals surface area contributed by atoms with Gasteiger partial charge in [-0.25, -0.2) is 9.07 Å². The van der Waals surface area contributed by atoms with Crippen molar-refractivity contribution in [2.45, 2.75) is 13.0 Å². The standard InChI is InChI=1S/C14H12FN5O/c1-9-13(14(21)11-8-16-6-7-17-11)18-19-20(9)12-5-3-2-4-10(12)15/h2-8,14,21H,1H3. The van der Waals surface area contributed by atoms with Crippen molar-refractivity contribution in [2.75, 3.05) is 0 Å². The molecule has 6 nitrogen and oxygen atoms in total. The molecular formula is C14H12FN5O. The average Bonchev–Trinajstić information content (AvgIpc) is 2.89. The van der Waals surface area contributed by atoms with E-state index in [2.05, 4.69) is 20.3 Å². The lowest BCUT2D eigenvalue weighted by Gasteiger charge is -2.08. The van der Waals surface area contributed by atoms with E-state index in [0.717, 1.165) is 0 Å². The molecule has 0 fully saturated rings. The second-order valence-corrected chi connectivity index (χ2v) is 4.46. The molecule has 1 aromatic carbocycles. The van der Waals surface area contributed by atoms with Gasteiger partial charge < -0.3 is 5.11 Å². The van der Waals surface area contributed by atoms with Crippen LogP contribution in [-0.4, -0.2) is 30.1 Å². The lowest BCUT2D eigenvalue weighted by Crippen LogP contribution is -2.06. The van der Waals surface area contributed by atoms with Crippen LogP contribution in [0.1, 0.15) is 23.2 Å². The van der Waals surface area contributed by atoms with Gasteiger partial charge in [0.15, 0.2) is 0 Å². The maximum absolute atomic E-state index is 13.8. The Labute approximate surface area is 119 Å². The Kier molecular flexibility index (Phi) is 3.41. The van der Waals surface area contributed by atoms with Crippen LogP contribution < -0.4 is 0 Å². The Morgan fingerprint density at radius 2 is 2.05 bits per heavy atom. The third kappa shape index (κ3) is 2.38. The van der Waals surface area contributed by atoms with Crippen LogP contribution in [0, 0.1) is 12.7 Å². The van der Waals surface area contributed by atoms with E-state index in [9.17, 15) is 9.50 Å². The van der Waals surface area contributed by atoms with Crippen LogP contribution in [0.25, 0.3) is 5.69 Å². The summed E-state index contributed by atoms with van der Waals surface area (Å²) in [5, 5.41) is 18.1. The maximum Gasteiger partial charge on any atom is 0.148 e. The minimum absolute atomic E-state index is 0.278. The van der Waals surface area contributed by atoms with Crippen molar-refractivity contribution in [3.05, 3.63) is 65.8 Å².